The largest absolute Gasteiger partial charge is 0.480 e. The van der Waals surface area contributed by atoms with Gasteiger partial charge in [0.25, 0.3) is 0 Å². The van der Waals surface area contributed by atoms with Crippen molar-refractivity contribution in [3.05, 3.63) is 0 Å². The molecule has 0 rings (SSSR count). The molecule has 0 saturated carbocycles. The number of carboxylic acid groups (broad SMARTS) is 1. The van der Waals surface area contributed by atoms with Crippen LogP contribution in [0, 0.1) is 11.8 Å². The molecule has 0 fully saturated rings. The molecule has 0 aliphatic carbocycles. The molecule has 1 atom stereocenters. The van der Waals surface area contributed by atoms with E-state index in [-0.39, 0.29) is 5.75 Å². The van der Waals surface area contributed by atoms with Gasteiger partial charge in [-0.05, 0) is 37.4 Å². The van der Waals surface area contributed by atoms with E-state index in [1.54, 1.807) is 27.7 Å². The van der Waals surface area contributed by atoms with E-state index in [0.29, 0.717) is 23.5 Å². The van der Waals surface area contributed by atoms with Crippen LogP contribution in [0.1, 0.15) is 41.5 Å². The number of nitrogens with one attached hydrogen (secondary N) is 1. The van der Waals surface area contributed by atoms with Crippen molar-refractivity contribution in [3.8, 4) is 0 Å². The van der Waals surface area contributed by atoms with Crippen LogP contribution in [0.3, 0.4) is 0 Å². The Kier molecular flexibility index (Phi) is 13.5. The van der Waals surface area contributed by atoms with Crippen LogP contribution in [0.2, 0.25) is 0 Å². The summed E-state index contributed by atoms with van der Waals surface area (Å²) in [5.74, 6) is -4.56. The Morgan fingerprint density at radius 2 is 1.27 bits per heavy atom. The van der Waals surface area contributed by atoms with Gasteiger partial charge in [-0.3, -0.25) is 14.4 Å². The third kappa shape index (κ3) is 13.0. The summed E-state index contributed by atoms with van der Waals surface area (Å²) in [5, 5.41) is 9.73. The molecule has 2 N–H and O–H groups in total. The van der Waals surface area contributed by atoms with E-state index >= 15 is 0 Å². The van der Waals surface area contributed by atoms with Crippen molar-refractivity contribution < 1.29 is 52.8 Å². The first kappa shape index (κ1) is 30.5. The van der Waals surface area contributed by atoms with Crippen LogP contribution in [0.25, 0.3) is 0 Å². The highest BCUT2D eigenvalue weighted by Crippen LogP contribution is 2.27. The van der Waals surface area contributed by atoms with Gasteiger partial charge in [0.2, 0.25) is 19.5 Å². The van der Waals surface area contributed by atoms with Crippen LogP contribution < -0.4 is 5.32 Å². The second-order valence-electron chi connectivity index (χ2n) is 7.55. The van der Waals surface area contributed by atoms with Crippen LogP contribution in [0.15, 0.2) is 0 Å². The fraction of sp³-hybridized carbons (Fsp3) is 0.684. The lowest BCUT2D eigenvalue weighted by atomic mass is 10.2. The van der Waals surface area contributed by atoms with Crippen LogP contribution in [0.4, 0.5) is 9.59 Å². The standard InChI is InChI=1S/C19H29NO11S2/c1-10(2)14(23)28-8-30-17(26)32-7-12(13(21)22)20-16(25)19(5,6)33-18(27)31-9-29-15(24)11(3)4/h10-12H,7-9H2,1-6H3,(H,20,25)(H,21,22)/t12-/m0/s1. The minimum absolute atomic E-state index is 0.381. The lowest BCUT2D eigenvalue weighted by Gasteiger charge is -2.24. The zero-order chi connectivity index (χ0) is 25.8. The predicted octanol–water partition coefficient (Wildman–Crippen LogP) is 2.39. The van der Waals surface area contributed by atoms with E-state index in [1.807, 2.05) is 0 Å². The van der Waals surface area contributed by atoms with Crippen LogP contribution in [0.5, 0.6) is 0 Å². The van der Waals surface area contributed by atoms with Crippen molar-refractivity contribution in [2.45, 2.75) is 52.3 Å². The number of ether oxygens (including phenoxy) is 4. The minimum atomic E-state index is -1.48. The topological polar surface area (TPSA) is 172 Å². The van der Waals surface area contributed by atoms with Crippen LogP contribution in [-0.4, -0.2) is 69.7 Å². The predicted molar refractivity (Wildman–Crippen MR) is 118 cm³/mol. The van der Waals surface area contributed by atoms with Gasteiger partial charge < -0.3 is 29.4 Å². The molecular weight excluding hydrogens is 482 g/mol. The Morgan fingerprint density at radius 1 is 0.818 bits per heavy atom. The molecule has 1 amide bonds. The van der Waals surface area contributed by atoms with Gasteiger partial charge in [-0.25, -0.2) is 14.4 Å². The molecule has 0 aromatic heterocycles. The minimum Gasteiger partial charge on any atom is -0.480 e. The maximum atomic E-state index is 12.5. The third-order valence-electron chi connectivity index (χ3n) is 3.56. The molecule has 0 heterocycles. The van der Waals surface area contributed by atoms with Gasteiger partial charge in [0, 0.05) is 5.75 Å². The Balaban J connectivity index is 4.61. The normalized spacial score (nSPS) is 12.0. The number of rotatable bonds is 12. The lowest BCUT2D eigenvalue weighted by Crippen LogP contribution is -2.50. The lowest BCUT2D eigenvalue weighted by molar-refractivity contribution is -0.156. The highest BCUT2D eigenvalue weighted by atomic mass is 32.2. The molecule has 0 radical (unpaired) electrons. The number of hydrogen-bond acceptors (Lipinski definition) is 12. The first-order valence-electron chi connectivity index (χ1n) is 9.69. The molecular formula is C19H29NO11S2. The Morgan fingerprint density at radius 3 is 1.70 bits per heavy atom. The number of aliphatic carboxylic acids is 1. The average Bonchev–Trinajstić information content (AvgIpc) is 2.69. The molecule has 12 nitrogen and oxygen atoms in total. The molecule has 0 aliphatic heterocycles. The smallest absolute Gasteiger partial charge is 0.371 e. The quantitative estimate of drug-likeness (QED) is 0.289. The molecule has 0 unspecified atom stereocenters. The highest BCUT2D eigenvalue weighted by Gasteiger charge is 2.35. The third-order valence-corrected chi connectivity index (χ3v) is 5.39. The van der Waals surface area contributed by atoms with Crippen molar-refractivity contribution in [1.82, 2.24) is 5.32 Å². The average molecular weight is 512 g/mol. The zero-order valence-electron chi connectivity index (χ0n) is 19.2. The fourth-order valence-corrected chi connectivity index (χ4v) is 2.92. The number of thioether (sulfide) groups is 2. The maximum Gasteiger partial charge on any atom is 0.371 e. The number of carboxylic acids is 1. The van der Waals surface area contributed by atoms with E-state index in [9.17, 15) is 33.9 Å². The summed E-state index contributed by atoms with van der Waals surface area (Å²) in [7, 11) is 0. The second kappa shape index (κ2) is 14.6. The van der Waals surface area contributed by atoms with Crippen molar-refractivity contribution >= 4 is 57.9 Å². The molecule has 0 saturated heterocycles. The first-order valence-corrected chi connectivity index (χ1v) is 11.5. The van der Waals surface area contributed by atoms with E-state index < -0.39 is 70.6 Å². The summed E-state index contributed by atoms with van der Waals surface area (Å²) in [4.78, 5) is 70.1. The van der Waals surface area contributed by atoms with E-state index in [0.717, 1.165) is 0 Å². The zero-order valence-corrected chi connectivity index (χ0v) is 20.8. The second-order valence-corrected chi connectivity index (χ2v) is 10.1. The Hall–Kier alpha value is -2.48. The molecule has 33 heavy (non-hydrogen) atoms. The fourth-order valence-electron chi connectivity index (χ4n) is 1.59. The van der Waals surface area contributed by atoms with Crippen LogP contribution >= 0.6 is 23.5 Å². The molecule has 0 spiro atoms. The summed E-state index contributed by atoms with van der Waals surface area (Å²) in [6.45, 7) is 7.88. The monoisotopic (exact) mass is 511 g/mol. The summed E-state index contributed by atoms with van der Waals surface area (Å²) < 4.78 is 17.3. The molecule has 0 bridgehead atoms. The molecule has 0 aliphatic rings. The van der Waals surface area contributed by atoms with Crippen molar-refractivity contribution in [2.24, 2.45) is 11.8 Å². The summed E-state index contributed by atoms with van der Waals surface area (Å²) in [6, 6.07) is -1.48. The van der Waals surface area contributed by atoms with Gasteiger partial charge in [-0.15, -0.1) is 0 Å². The van der Waals surface area contributed by atoms with Gasteiger partial charge in [0.05, 0.1) is 16.6 Å². The van der Waals surface area contributed by atoms with Gasteiger partial charge in [-0.2, -0.15) is 0 Å². The Labute approximate surface area is 199 Å². The number of esters is 2. The highest BCUT2D eigenvalue weighted by molar-refractivity contribution is 8.15. The molecule has 0 aromatic rings. The van der Waals surface area contributed by atoms with Gasteiger partial charge in [0.15, 0.2) is 0 Å². The van der Waals surface area contributed by atoms with E-state index in [1.165, 1.54) is 13.8 Å². The summed E-state index contributed by atoms with van der Waals surface area (Å²) in [6.07, 6.45) is 0. The molecule has 0 aromatic carbocycles. The summed E-state index contributed by atoms with van der Waals surface area (Å²) in [5.41, 5.74) is 0. The summed E-state index contributed by atoms with van der Waals surface area (Å²) >= 11 is 0.920. The van der Waals surface area contributed by atoms with Crippen LogP contribution in [-0.2, 0) is 38.1 Å². The van der Waals surface area contributed by atoms with E-state index in [2.05, 4.69) is 14.8 Å². The molecule has 14 heteroatoms. The van der Waals surface area contributed by atoms with Crippen molar-refractivity contribution in [1.29, 1.82) is 0 Å². The van der Waals surface area contributed by atoms with Gasteiger partial charge in [0.1, 0.15) is 6.04 Å². The van der Waals surface area contributed by atoms with Crippen molar-refractivity contribution in [3.63, 3.8) is 0 Å². The number of amides is 1. The Bertz CT molecular complexity index is 737. The number of hydrogen-bond donors (Lipinski definition) is 2. The number of carbonyl (C=O) groups is 6. The number of carbonyl (C=O) groups excluding carboxylic acids is 5. The SMILES string of the molecule is CC(C)C(=O)OCOC(=O)SC[C@H](NC(=O)C(C)(C)SC(=O)OCOC(=O)C(C)C)C(=O)O. The maximum absolute atomic E-state index is 12.5. The molecule has 188 valence electrons. The first-order chi connectivity index (χ1) is 15.2. The van der Waals surface area contributed by atoms with Gasteiger partial charge in [-0.1, -0.05) is 27.7 Å². The van der Waals surface area contributed by atoms with E-state index in [4.69, 9.17) is 9.47 Å². The van der Waals surface area contributed by atoms with Gasteiger partial charge >= 0.3 is 28.5 Å². The van der Waals surface area contributed by atoms with Crippen molar-refractivity contribution in [2.75, 3.05) is 19.3 Å².